The molecular formula is C8H13NO2. The van der Waals surface area contributed by atoms with E-state index in [2.05, 4.69) is 9.73 Å². The van der Waals surface area contributed by atoms with Crippen LogP contribution in [0.4, 0.5) is 0 Å². The minimum absolute atomic E-state index is 0.214. The van der Waals surface area contributed by atoms with Crippen LogP contribution in [-0.4, -0.2) is 24.8 Å². The van der Waals surface area contributed by atoms with E-state index < -0.39 is 0 Å². The normalized spacial score (nSPS) is 29.9. The molecule has 0 aromatic heterocycles. The Morgan fingerprint density at radius 3 is 2.73 bits per heavy atom. The van der Waals surface area contributed by atoms with Gasteiger partial charge < -0.3 is 4.74 Å². The number of rotatable bonds is 1. The van der Waals surface area contributed by atoms with E-state index in [0.717, 1.165) is 12.1 Å². The zero-order valence-electron chi connectivity index (χ0n) is 7.13. The van der Waals surface area contributed by atoms with Crippen molar-refractivity contribution >= 4 is 11.7 Å². The van der Waals surface area contributed by atoms with Crippen molar-refractivity contribution in [1.82, 2.24) is 0 Å². The van der Waals surface area contributed by atoms with Crippen LogP contribution in [0.2, 0.25) is 0 Å². The highest BCUT2D eigenvalue weighted by Gasteiger charge is 2.30. The average Bonchev–Trinajstić information content (AvgIpc) is 2.28. The molecule has 1 aliphatic rings. The molecule has 0 fully saturated rings. The largest absolute Gasteiger partial charge is 0.467 e. The van der Waals surface area contributed by atoms with Crippen LogP contribution in [0, 0.1) is 5.92 Å². The van der Waals surface area contributed by atoms with Gasteiger partial charge >= 0.3 is 5.97 Å². The molecule has 0 radical (unpaired) electrons. The van der Waals surface area contributed by atoms with Gasteiger partial charge in [-0.2, -0.15) is 0 Å². The molecule has 62 valence electrons. The minimum atomic E-state index is -0.250. The van der Waals surface area contributed by atoms with E-state index >= 15 is 0 Å². The van der Waals surface area contributed by atoms with Gasteiger partial charge in [-0.3, -0.25) is 4.99 Å². The molecule has 2 atom stereocenters. The standard InChI is InChI=1S/C8H13NO2/c1-5-4-6(2)9-7(5)8(10)11-3/h5,7H,4H2,1-3H3/t5-,7-/m0/s1. The van der Waals surface area contributed by atoms with Crippen LogP contribution in [-0.2, 0) is 9.53 Å². The Kier molecular flexibility index (Phi) is 2.27. The molecule has 3 heteroatoms. The number of aliphatic imine (C=N–C) groups is 1. The predicted molar refractivity (Wildman–Crippen MR) is 42.7 cm³/mol. The molecule has 3 nitrogen and oxygen atoms in total. The fraction of sp³-hybridized carbons (Fsp3) is 0.750. The lowest BCUT2D eigenvalue weighted by molar-refractivity contribution is -0.142. The second-order valence-corrected chi connectivity index (χ2v) is 3.01. The van der Waals surface area contributed by atoms with E-state index in [1.54, 1.807) is 0 Å². The highest BCUT2D eigenvalue weighted by molar-refractivity contribution is 5.90. The third-order valence-corrected chi connectivity index (χ3v) is 1.96. The van der Waals surface area contributed by atoms with Gasteiger partial charge in [-0.1, -0.05) is 6.92 Å². The minimum Gasteiger partial charge on any atom is -0.467 e. The highest BCUT2D eigenvalue weighted by atomic mass is 16.5. The summed E-state index contributed by atoms with van der Waals surface area (Å²) in [7, 11) is 1.40. The van der Waals surface area contributed by atoms with E-state index in [-0.39, 0.29) is 12.0 Å². The SMILES string of the molecule is COC(=O)[C@H]1N=C(C)C[C@@H]1C. The van der Waals surface area contributed by atoms with Crippen LogP contribution in [0.25, 0.3) is 0 Å². The highest BCUT2D eigenvalue weighted by Crippen LogP contribution is 2.21. The predicted octanol–water partition coefficient (Wildman–Crippen LogP) is 1.03. The summed E-state index contributed by atoms with van der Waals surface area (Å²) in [6.07, 6.45) is 0.916. The monoisotopic (exact) mass is 155 g/mol. The maximum absolute atomic E-state index is 11.0. The Bertz CT molecular complexity index is 198. The van der Waals surface area contributed by atoms with Crippen LogP contribution < -0.4 is 0 Å². The molecule has 0 aliphatic carbocycles. The zero-order chi connectivity index (χ0) is 8.43. The van der Waals surface area contributed by atoms with Crippen LogP contribution in [0.5, 0.6) is 0 Å². The van der Waals surface area contributed by atoms with Crippen molar-refractivity contribution in [2.75, 3.05) is 7.11 Å². The number of carbonyl (C=O) groups is 1. The number of hydrogen-bond acceptors (Lipinski definition) is 3. The number of nitrogens with zero attached hydrogens (tertiary/aromatic N) is 1. The molecule has 0 aromatic carbocycles. The van der Waals surface area contributed by atoms with E-state index in [4.69, 9.17) is 0 Å². The lowest BCUT2D eigenvalue weighted by atomic mass is 10.0. The van der Waals surface area contributed by atoms with Crippen molar-refractivity contribution in [2.24, 2.45) is 10.9 Å². The van der Waals surface area contributed by atoms with Crippen LogP contribution in [0.15, 0.2) is 4.99 Å². The van der Waals surface area contributed by atoms with Gasteiger partial charge in [0.2, 0.25) is 0 Å². The summed E-state index contributed by atoms with van der Waals surface area (Å²) in [5.74, 6) is 0.0943. The summed E-state index contributed by atoms with van der Waals surface area (Å²) in [6.45, 7) is 3.96. The smallest absolute Gasteiger partial charge is 0.330 e. The number of carbonyl (C=O) groups excluding carboxylic acids is 1. The number of methoxy groups -OCH3 is 1. The Labute approximate surface area is 66.5 Å². The van der Waals surface area contributed by atoms with Gasteiger partial charge in [0.1, 0.15) is 6.04 Å². The molecule has 0 unspecified atom stereocenters. The summed E-state index contributed by atoms with van der Waals surface area (Å²) in [5, 5.41) is 0. The van der Waals surface area contributed by atoms with E-state index in [1.807, 2.05) is 13.8 Å². The van der Waals surface area contributed by atoms with Crippen molar-refractivity contribution in [1.29, 1.82) is 0 Å². The quantitative estimate of drug-likeness (QED) is 0.530. The van der Waals surface area contributed by atoms with Gasteiger partial charge in [-0.15, -0.1) is 0 Å². The van der Waals surface area contributed by atoms with Crippen molar-refractivity contribution in [3.63, 3.8) is 0 Å². The third kappa shape index (κ3) is 1.59. The third-order valence-electron chi connectivity index (χ3n) is 1.96. The molecule has 1 rings (SSSR count). The zero-order valence-corrected chi connectivity index (χ0v) is 7.13. The second-order valence-electron chi connectivity index (χ2n) is 3.01. The lowest BCUT2D eigenvalue weighted by Gasteiger charge is -2.09. The topological polar surface area (TPSA) is 38.7 Å². The van der Waals surface area contributed by atoms with Crippen LogP contribution in [0.1, 0.15) is 20.3 Å². The molecule has 0 saturated heterocycles. The first-order valence-electron chi connectivity index (χ1n) is 3.76. The Morgan fingerprint density at radius 1 is 1.73 bits per heavy atom. The first kappa shape index (κ1) is 8.24. The first-order chi connectivity index (χ1) is 5.15. The number of hydrogen-bond donors (Lipinski definition) is 0. The fourth-order valence-electron chi connectivity index (χ4n) is 1.40. The van der Waals surface area contributed by atoms with Gasteiger partial charge in [0.15, 0.2) is 0 Å². The number of esters is 1. The van der Waals surface area contributed by atoms with Gasteiger partial charge in [0.05, 0.1) is 7.11 Å². The molecule has 0 N–H and O–H groups in total. The lowest BCUT2D eigenvalue weighted by Crippen LogP contribution is -2.23. The molecule has 0 bridgehead atoms. The molecule has 0 aromatic rings. The summed E-state index contributed by atoms with van der Waals surface area (Å²) < 4.78 is 4.61. The number of ether oxygens (including phenoxy) is 1. The Balaban J connectivity index is 2.65. The maximum atomic E-state index is 11.0. The van der Waals surface area contributed by atoms with Gasteiger partial charge in [-0.05, 0) is 19.3 Å². The summed E-state index contributed by atoms with van der Waals surface area (Å²) in [4.78, 5) is 15.2. The van der Waals surface area contributed by atoms with Crippen molar-refractivity contribution in [3.8, 4) is 0 Å². The summed E-state index contributed by atoms with van der Waals surface area (Å²) in [6, 6.07) is -0.250. The van der Waals surface area contributed by atoms with Gasteiger partial charge in [0, 0.05) is 5.71 Å². The Hall–Kier alpha value is -0.860. The van der Waals surface area contributed by atoms with E-state index in [0.29, 0.717) is 5.92 Å². The molecule has 11 heavy (non-hydrogen) atoms. The molecule has 1 aliphatic heterocycles. The Morgan fingerprint density at radius 2 is 2.36 bits per heavy atom. The van der Waals surface area contributed by atoms with Crippen LogP contribution >= 0.6 is 0 Å². The first-order valence-corrected chi connectivity index (χ1v) is 3.76. The molecule has 0 spiro atoms. The average molecular weight is 155 g/mol. The molecule has 0 amide bonds. The maximum Gasteiger partial charge on any atom is 0.330 e. The van der Waals surface area contributed by atoms with E-state index in [9.17, 15) is 4.79 Å². The van der Waals surface area contributed by atoms with Crippen LogP contribution in [0.3, 0.4) is 0 Å². The van der Waals surface area contributed by atoms with Crippen molar-refractivity contribution in [3.05, 3.63) is 0 Å². The van der Waals surface area contributed by atoms with Gasteiger partial charge in [0.25, 0.3) is 0 Å². The molecule has 0 saturated carbocycles. The van der Waals surface area contributed by atoms with E-state index in [1.165, 1.54) is 7.11 Å². The van der Waals surface area contributed by atoms with Gasteiger partial charge in [-0.25, -0.2) is 4.79 Å². The van der Waals surface area contributed by atoms with Crippen molar-refractivity contribution < 1.29 is 9.53 Å². The van der Waals surface area contributed by atoms with Crippen molar-refractivity contribution in [2.45, 2.75) is 26.3 Å². The fourth-order valence-corrected chi connectivity index (χ4v) is 1.40. The molecular weight excluding hydrogens is 142 g/mol. The summed E-state index contributed by atoms with van der Waals surface area (Å²) >= 11 is 0. The second kappa shape index (κ2) is 3.03. The molecule has 1 heterocycles. The summed E-state index contributed by atoms with van der Waals surface area (Å²) in [5.41, 5.74) is 1.05.